The molecule has 2 nitrogen and oxygen atoms in total. The largest absolute Gasteiger partial charge is 0.496 e. The van der Waals surface area contributed by atoms with E-state index in [1.807, 2.05) is 0 Å². The maximum atomic E-state index is 13.9. The highest BCUT2D eigenvalue weighted by Crippen LogP contribution is 2.32. The number of methoxy groups -OCH3 is 1. The van der Waals surface area contributed by atoms with E-state index in [1.54, 1.807) is 12.1 Å². The highest BCUT2D eigenvalue weighted by atomic mass is 79.9. The molecule has 5 heteroatoms. The minimum absolute atomic E-state index is 0.253. The zero-order valence-electron chi connectivity index (χ0n) is 10.2. The lowest BCUT2D eigenvalue weighted by Gasteiger charge is -2.17. The summed E-state index contributed by atoms with van der Waals surface area (Å²) >= 11 is 3.09. The van der Waals surface area contributed by atoms with E-state index in [0.717, 1.165) is 0 Å². The summed E-state index contributed by atoms with van der Waals surface area (Å²) in [6.07, 6.45) is 0. The van der Waals surface area contributed by atoms with Gasteiger partial charge < -0.3 is 10.5 Å². The molecule has 0 fully saturated rings. The van der Waals surface area contributed by atoms with Crippen molar-refractivity contribution in [1.29, 1.82) is 0 Å². The molecule has 2 aromatic rings. The Labute approximate surface area is 118 Å². The van der Waals surface area contributed by atoms with Crippen LogP contribution >= 0.6 is 15.9 Å². The van der Waals surface area contributed by atoms with E-state index < -0.39 is 17.7 Å². The van der Waals surface area contributed by atoms with E-state index in [0.29, 0.717) is 11.3 Å². The van der Waals surface area contributed by atoms with Crippen LogP contribution in [-0.4, -0.2) is 7.11 Å². The highest BCUT2D eigenvalue weighted by molar-refractivity contribution is 9.10. The van der Waals surface area contributed by atoms with Crippen molar-refractivity contribution in [3.63, 3.8) is 0 Å². The Morgan fingerprint density at radius 3 is 2.53 bits per heavy atom. The van der Waals surface area contributed by atoms with Gasteiger partial charge in [-0.05, 0) is 45.8 Å². The summed E-state index contributed by atoms with van der Waals surface area (Å²) < 4.78 is 32.5. The third kappa shape index (κ3) is 2.77. The summed E-state index contributed by atoms with van der Waals surface area (Å²) in [5, 5.41) is 0. The molecule has 1 unspecified atom stereocenters. The number of ether oxygens (including phenoxy) is 1. The molecule has 0 amide bonds. The summed E-state index contributed by atoms with van der Waals surface area (Å²) in [4.78, 5) is 0. The van der Waals surface area contributed by atoms with E-state index in [-0.39, 0.29) is 10.0 Å². The molecule has 0 radical (unpaired) electrons. The van der Waals surface area contributed by atoms with Crippen LogP contribution in [0.3, 0.4) is 0 Å². The van der Waals surface area contributed by atoms with Gasteiger partial charge in [0.1, 0.15) is 17.4 Å². The molecule has 0 saturated heterocycles. The second-order valence-corrected chi connectivity index (χ2v) is 4.86. The van der Waals surface area contributed by atoms with Gasteiger partial charge >= 0.3 is 0 Å². The molecule has 0 heterocycles. The topological polar surface area (TPSA) is 35.2 Å². The summed E-state index contributed by atoms with van der Waals surface area (Å²) in [6.45, 7) is 0. The van der Waals surface area contributed by atoms with Crippen LogP contribution in [0.5, 0.6) is 5.75 Å². The van der Waals surface area contributed by atoms with Gasteiger partial charge in [0, 0.05) is 0 Å². The standard InChI is InChI=1S/C14H12BrF2NO/c1-19-12-4-2-3-11(17)13(12)14(18)8-5-6-10(16)9(15)7-8/h2-7,14H,18H2,1H3. The third-order valence-electron chi connectivity index (χ3n) is 2.85. The quantitative estimate of drug-likeness (QED) is 0.931. The molecule has 100 valence electrons. The molecule has 2 rings (SSSR count). The highest BCUT2D eigenvalue weighted by Gasteiger charge is 2.19. The van der Waals surface area contributed by atoms with Crippen molar-refractivity contribution >= 4 is 15.9 Å². The van der Waals surface area contributed by atoms with Gasteiger partial charge in [0.05, 0.1) is 23.2 Å². The first kappa shape index (κ1) is 14.0. The molecule has 0 spiro atoms. The molecule has 0 aliphatic carbocycles. The van der Waals surface area contributed by atoms with Gasteiger partial charge in [0.15, 0.2) is 0 Å². The minimum atomic E-state index is -0.729. The molecule has 0 aliphatic rings. The maximum absolute atomic E-state index is 13.9. The van der Waals surface area contributed by atoms with Gasteiger partial charge in [-0.1, -0.05) is 12.1 Å². The smallest absolute Gasteiger partial charge is 0.137 e. The Balaban J connectivity index is 2.49. The van der Waals surface area contributed by atoms with Gasteiger partial charge in [-0.15, -0.1) is 0 Å². The molecule has 0 bridgehead atoms. The Morgan fingerprint density at radius 2 is 1.89 bits per heavy atom. The summed E-state index contributed by atoms with van der Waals surface area (Å²) in [6, 6.07) is 8.11. The molecule has 2 aromatic carbocycles. The first-order valence-electron chi connectivity index (χ1n) is 5.57. The fourth-order valence-corrected chi connectivity index (χ4v) is 2.27. The van der Waals surface area contributed by atoms with Crippen molar-refractivity contribution in [3.8, 4) is 5.75 Å². The lowest BCUT2D eigenvalue weighted by atomic mass is 9.98. The average Bonchev–Trinajstić information content (AvgIpc) is 2.40. The maximum Gasteiger partial charge on any atom is 0.137 e. The van der Waals surface area contributed by atoms with Crippen LogP contribution in [0.25, 0.3) is 0 Å². The number of rotatable bonds is 3. The van der Waals surface area contributed by atoms with E-state index in [9.17, 15) is 8.78 Å². The lowest BCUT2D eigenvalue weighted by molar-refractivity contribution is 0.402. The molecule has 0 aliphatic heterocycles. The predicted molar refractivity (Wildman–Crippen MR) is 73.1 cm³/mol. The minimum Gasteiger partial charge on any atom is -0.496 e. The summed E-state index contributed by atoms with van der Waals surface area (Å²) in [7, 11) is 1.45. The average molecular weight is 328 g/mol. The first-order chi connectivity index (χ1) is 9.04. The van der Waals surface area contributed by atoms with E-state index in [2.05, 4.69) is 15.9 Å². The Hall–Kier alpha value is -1.46. The van der Waals surface area contributed by atoms with Crippen LogP contribution in [0.4, 0.5) is 8.78 Å². The first-order valence-corrected chi connectivity index (χ1v) is 6.37. The second-order valence-electron chi connectivity index (χ2n) is 4.01. The Morgan fingerprint density at radius 1 is 1.16 bits per heavy atom. The second kappa shape index (κ2) is 5.67. The lowest BCUT2D eigenvalue weighted by Crippen LogP contribution is -2.15. The van der Waals surface area contributed by atoms with Crippen molar-refractivity contribution < 1.29 is 13.5 Å². The number of halogens is 3. The van der Waals surface area contributed by atoms with Crippen LogP contribution in [0.1, 0.15) is 17.2 Å². The van der Waals surface area contributed by atoms with Crippen LogP contribution < -0.4 is 10.5 Å². The Kier molecular flexibility index (Phi) is 4.17. The monoisotopic (exact) mass is 327 g/mol. The number of benzene rings is 2. The van der Waals surface area contributed by atoms with Crippen molar-refractivity contribution in [3.05, 3.63) is 63.6 Å². The SMILES string of the molecule is COc1cccc(F)c1C(N)c1ccc(F)c(Br)c1. The molecule has 19 heavy (non-hydrogen) atoms. The van der Waals surface area contributed by atoms with Crippen molar-refractivity contribution in [2.45, 2.75) is 6.04 Å². The Bertz CT molecular complexity index is 604. The van der Waals surface area contributed by atoms with E-state index >= 15 is 0 Å². The molecular formula is C14H12BrF2NO. The van der Waals surface area contributed by atoms with Gasteiger partial charge in [-0.2, -0.15) is 0 Å². The zero-order chi connectivity index (χ0) is 14.0. The number of hydrogen-bond acceptors (Lipinski definition) is 2. The molecule has 0 aromatic heterocycles. The van der Waals surface area contributed by atoms with Crippen LogP contribution in [0.2, 0.25) is 0 Å². The number of nitrogens with two attached hydrogens (primary N) is 1. The fraction of sp³-hybridized carbons (Fsp3) is 0.143. The van der Waals surface area contributed by atoms with Crippen LogP contribution in [0, 0.1) is 11.6 Å². The summed E-state index contributed by atoms with van der Waals surface area (Å²) in [5.74, 6) is -0.475. The van der Waals surface area contributed by atoms with Crippen molar-refractivity contribution in [2.24, 2.45) is 5.73 Å². The molecule has 2 N–H and O–H groups in total. The van der Waals surface area contributed by atoms with Gasteiger partial charge in [-0.25, -0.2) is 8.78 Å². The fourth-order valence-electron chi connectivity index (χ4n) is 1.87. The van der Waals surface area contributed by atoms with E-state index in [4.69, 9.17) is 10.5 Å². The molecular weight excluding hydrogens is 316 g/mol. The van der Waals surface area contributed by atoms with Crippen LogP contribution in [-0.2, 0) is 0 Å². The van der Waals surface area contributed by atoms with Crippen LogP contribution in [0.15, 0.2) is 40.9 Å². The molecule has 1 atom stereocenters. The zero-order valence-corrected chi connectivity index (χ0v) is 11.7. The van der Waals surface area contributed by atoms with E-state index in [1.165, 1.54) is 31.4 Å². The third-order valence-corrected chi connectivity index (χ3v) is 3.45. The predicted octanol–water partition coefficient (Wildman–Crippen LogP) is 3.78. The van der Waals surface area contributed by atoms with Crippen molar-refractivity contribution in [1.82, 2.24) is 0 Å². The number of hydrogen-bond donors (Lipinski definition) is 1. The molecule has 0 saturated carbocycles. The summed E-state index contributed by atoms with van der Waals surface area (Å²) in [5.41, 5.74) is 6.90. The van der Waals surface area contributed by atoms with Gasteiger partial charge in [-0.3, -0.25) is 0 Å². The van der Waals surface area contributed by atoms with Crippen molar-refractivity contribution in [2.75, 3.05) is 7.11 Å². The normalized spacial score (nSPS) is 12.3. The van der Waals surface area contributed by atoms with Gasteiger partial charge in [0.25, 0.3) is 0 Å². The van der Waals surface area contributed by atoms with Gasteiger partial charge in [0.2, 0.25) is 0 Å².